The zero-order valence-corrected chi connectivity index (χ0v) is 13.7. The molecular weight excluding hydrogens is 321 g/mol. The average Bonchev–Trinajstić information content (AvgIpc) is 3.02. The van der Waals surface area contributed by atoms with Gasteiger partial charge in [0.1, 0.15) is 6.04 Å². The van der Waals surface area contributed by atoms with Crippen LogP contribution in [0, 0.1) is 0 Å². The van der Waals surface area contributed by atoms with Crippen LogP contribution in [-0.4, -0.2) is 53.5 Å². The minimum absolute atomic E-state index is 0.0321. The van der Waals surface area contributed by atoms with Crippen LogP contribution in [0.4, 0.5) is 13.2 Å². The van der Waals surface area contributed by atoms with Gasteiger partial charge in [0.05, 0.1) is 0 Å². The molecule has 1 heterocycles. The van der Waals surface area contributed by atoms with Gasteiger partial charge >= 0.3 is 12.1 Å². The molecule has 24 heavy (non-hydrogen) atoms. The molecule has 0 bridgehead atoms. The fourth-order valence-electron chi connectivity index (χ4n) is 2.97. The fraction of sp³-hybridized carbons (Fsp3) is 0.529. The van der Waals surface area contributed by atoms with Gasteiger partial charge in [-0.2, -0.15) is 13.2 Å². The van der Waals surface area contributed by atoms with Crippen molar-refractivity contribution in [2.45, 2.75) is 44.4 Å². The summed E-state index contributed by atoms with van der Waals surface area (Å²) in [5.74, 6) is -2.36. The Morgan fingerprint density at radius 3 is 2.50 bits per heavy atom. The number of likely N-dealkylation sites (N-methyl/N-ethyl adjacent to an activating group) is 1. The predicted molar refractivity (Wildman–Crippen MR) is 83.2 cm³/mol. The van der Waals surface area contributed by atoms with Crippen LogP contribution >= 0.6 is 0 Å². The third kappa shape index (κ3) is 4.07. The summed E-state index contributed by atoms with van der Waals surface area (Å²) in [4.78, 5) is 26.2. The number of nitrogens with zero attached hydrogens (tertiary/aromatic N) is 2. The highest BCUT2D eigenvalue weighted by Crippen LogP contribution is 2.27. The van der Waals surface area contributed by atoms with Crippen LogP contribution in [0.3, 0.4) is 0 Å². The molecule has 0 radical (unpaired) electrons. The molecule has 0 aromatic heterocycles. The lowest BCUT2D eigenvalue weighted by Crippen LogP contribution is -2.52. The lowest BCUT2D eigenvalue weighted by atomic mass is 10.1. The molecular formula is C17H21F3N2O2. The van der Waals surface area contributed by atoms with Gasteiger partial charge in [0, 0.05) is 19.6 Å². The van der Waals surface area contributed by atoms with Crippen molar-refractivity contribution in [3.63, 3.8) is 0 Å². The van der Waals surface area contributed by atoms with Crippen molar-refractivity contribution in [1.29, 1.82) is 0 Å². The van der Waals surface area contributed by atoms with E-state index in [1.165, 1.54) is 4.90 Å². The molecule has 1 fully saturated rings. The van der Waals surface area contributed by atoms with Crippen LogP contribution in [0.1, 0.15) is 25.3 Å². The van der Waals surface area contributed by atoms with Crippen molar-refractivity contribution in [3.05, 3.63) is 35.9 Å². The second-order valence-electron chi connectivity index (χ2n) is 6.14. The Hall–Kier alpha value is -2.05. The molecule has 1 aliphatic heterocycles. The molecule has 1 aliphatic rings. The summed E-state index contributed by atoms with van der Waals surface area (Å²) in [6, 6.07) is 8.34. The van der Waals surface area contributed by atoms with Crippen LogP contribution in [0.15, 0.2) is 30.3 Å². The van der Waals surface area contributed by atoms with Crippen LogP contribution in [0.25, 0.3) is 0 Å². The zero-order chi connectivity index (χ0) is 17.9. The third-order valence-corrected chi connectivity index (χ3v) is 4.42. The number of alkyl halides is 3. The first kappa shape index (κ1) is 18.3. The molecule has 7 heteroatoms. The molecule has 0 aliphatic carbocycles. The first-order chi connectivity index (χ1) is 11.2. The minimum Gasteiger partial charge on any atom is -0.341 e. The molecule has 1 saturated heterocycles. The molecule has 1 aromatic rings. The van der Waals surface area contributed by atoms with Gasteiger partial charge in [0.2, 0.25) is 5.91 Å². The highest BCUT2D eigenvalue weighted by atomic mass is 19.4. The Labute approximate surface area is 139 Å². The molecule has 132 valence electrons. The zero-order valence-electron chi connectivity index (χ0n) is 13.7. The van der Waals surface area contributed by atoms with Crippen molar-refractivity contribution >= 4 is 11.8 Å². The summed E-state index contributed by atoms with van der Waals surface area (Å²) in [5, 5.41) is 0. The van der Waals surface area contributed by atoms with E-state index in [1.807, 2.05) is 37.3 Å². The number of carbonyl (C=O) groups excluding carboxylic acids is 2. The normalized spacial score (nSPS) is 19.2. The monoisotopic (exact) mass is 342 g/mol. The summed E-state index contributed by atoms with van der Waals surface area (Å²) in [6.07, 6.45) is -3.68. The van der Waals surface area contributed by atoms with Gasteiger partial charge in [0.15, 0.2) is 0 Å². The maximum absolute atomic E-state index is 12.7. The SMILES string of the molecule is C[C@H](Cc1ccccc1)N(C)C(=O)[C@@H]1CCCN1C(=O)C(F)(F)F. The largest absolute Gasteiger partial charge is 0.471 e. The van der Waals surface area contributed by atoms with Gasteiger partial charge in [-0.3, -0.25) is 9.59 Å². The summed E-state index contributed by atoms with van der Waals surface area (Å²) in [5.41, 5.74) is 1.04. The Morgan fingerprint density at radius 2 is 1.92 bits per heavy atom. The molecule has 0 spiro atoms. The van der Waals surface area contributed by atoms with Crippen molar-refractivity contribution < 1.29 is 22.8 Å². The fourth-order valence-corrected chi connectivity index (χ4v) is 2.97. The molecule has 0 N–H and O–H groups in total. The molecule has 0 saturated carbocycles. The van der Waals surface area contributed by atoms with E-state index >= 15 is 0 Å². The first-order valence-electron chi connectivity index (χ1n) is 7.90. The third-order valence-electron chi connectivity index (χ3n) is 4.42. The van der Waals surface area contributed by atoms with Gasteiger partial charge in [-0.15, -0.1) is 0 Å². The average molecular weight is 342 g/mol. The molecule has 2 amide bonds. The first-order valence-corrected chi connectivity index (χ1v) is 7.90. The van der Waals surface area contributed by atoms with Crippen molar-refractivity contribution in [2.24, 2.45) is 0 Å². The second kappa shape index (κ2) is 7.23. The van der Waals surface area contributed by atoms with Gasteiger partial charge in [-0.1, -0.05) is 30.3 Å². The maximum Gasteiger partial charge on any atom is 0.471 e. The summed E-state index contributed by atoms with van der Waals surface area (Å²) < 4.78 is 38.0. The standard InChI is InChI=1S/C17H21F3N2O2/c1-12(11-13-7-4-3-5-8-13)21(2)15(23)14-9-6-10-22(14)16(24)17(18,19)20/h3-5,7-8,12,14H,6,9-11H2,1-2H3/t12-,14+/m1/s1. The quantitative estimate of drug-likeness (QED) is 0.844. The van der Waals surface area contributed by atoms with Crippen LogP contribution in [0.5, 0.6) is 0 Å². The highest BCUT2D eigenvalue weighted by molar-refractivity contribution is 5.90. The highest BCUT2D eigenvalue weighted by Gasteiger charge is 2.48. The minimum atomic E-state index is -4.95. The topological polar surface area (TPSA) is 40.6 Å². The Kier molecular flexibility index (Phi) is 5.51. The number of hydrogen-bond donors (Lipinski definition) is 0. The lowest BCUT2D eigenvalue weighted by molar-refractivity contribution is -0.187. The number of benzene rings is 1. The Bertz CT molecular complexity index is 589. The van der Waals surface area contributed by atoms with Crippen molar-refractivity contribution in [1.82, 2.24) is 9.80 Å². The van der Waals surface area contributed by atoms with E-state index in [4.69, 9.17) is 0 Å². The number of hydrogen-bond acceptors (Lipinski definition) is 2. The van der Waals surface area contributed by atoms with Crippen molar-refractivity contribution in [2.75, 3.05) is 13.6 Å². The number of rotatable bonds is 4. The molecule has 2 rings (SSSR count). The summed E-state index contributed by atoms with van der Waals surface area (Å²) in [7, 11) is 1.57. The van der Waals surface area contributed by atoms with E-state index in [2.05, 4.69) is 0 Å². The van der Waals surface area contributed by atoms with Crippen LogP contribution in [-0.2, 0) is 16.0 Å². The van der Waals surface area contributed by atoms with E-state index in [0.29, 0.717) is 17.7 Å². The van der Waals surface area contributed by atoms with E-state index in [1.54, 1.807) is 7.05 Å². The smallest absolute Gasteiger partial charge is 0.341 e. The van der Waals surface area contributed by atoms with Gasteiger partial charge in [0.25, 0.3) is 0 Å². The number of carbonyl (C=O) groups is 2. The molecule has 1 aromatic carbocycles. The molecule has 2 atom stereocenters. The van der Waals surface area contributed by atoms with Gasteiger partial charge in [-0.05, 0) is 31.7 Å². The Balaban J connectivity index is 2.05. The van der Waals surface area contributed by atoms with Gasteiger partial charge in [-0.25, -0.2) is 0 Å². The number of amides is 2. The van der Waals surface area contributed by atoms with Crippen LogP contribution < -0.4 is 0 Å². The summed E-state index contributed by atoms with van der Waals surface area (Å²) >= 11 is 0. The second-order valence-corrected chi connectivity index (χ2v) is 6.14. The lowest BCUT2D eigenvalue weighted by Gasteiger charge is -2.32. The van der Waals surface area contributed by atoms with E-state index in [9.17, 15) is 22.8 Å². The van der Waals surface area contributed by atoms with E-state index in [-0.39, 0.29) is 19.0 Å². The molecule has 0 unspecified atom stereocenters. The van der Waals surface area contributed by atoms with E-state index < -0.39 is 24.0 Å². The maximum atomic E-state index is 12.7. The number of likely N-dealkylation sites (tertiary alicyclic amines) is 1. The summed E-state index contributed by atoms with van der Waals surface area (Å²) in [6.45, 7) is 1.81. The van der Waals surface area contributed by atoms with Crippen LogP contribution in [0.2, 0.25) is 0 Å². The van der Waals surface area contributed by atoms with Crippen molar-refractivity contribution in [3.8, 4) is 0 Å². The van der Waals surface area contributed by atoms with Gasteiger partial charge < -0.3 is 9.80 Å². The Morgan fingerprint density at radius 1 is 1.29 bits per heavy atom. The van der Waals surface area contributed by atoms with E-state index in [0.717, 1.165) is 5.56 Å². The number of halogens is 3. The molecule has 4 nitrogen and oxygen atoms in total. The predicted octanol–water partition coefficient (Wildman–Crippen LogP) is 2.63.